The van der Waals surface area contributed by atoms with Gasteiger partial charge in [0.1, 0.15) is 17.2 Å². The third-order valence-corrected chi connectivity index (χ3v) is 5.14. The van der Waals surface area contributed by atoms with Gasteiger partial charge in [-0.2, -0.15) is 5.10 Å². The summed E-state index contributed by atoms with van der Waals surface area (Å²) in [5.74, 6) is -0.950. The fourth-order valence-electron chi connectivity index (χ4n) is 3.26. The molecule has 0 fully saturated rings. The highest BCUT2D eigenvalue weighted by molar-refractivity contribution is 6.04. The van der Waals surface area contributed by atoms with Gasteiger partial charge in [0.05, 0.1) is 11.9 Å². The van der Waals surface area contributed by atoms with Gasteiger partial charge in [-0.15, -0.1) is 0 Å². The number of rotatable bonds is 7. The van der Waals surface area contributed by atoms with E-state index in [1.54, 1.807) is 48.8 Å². The number of carbonyl (C=O) groups excluding carboxylic acids is 2. The minimum Gasteiger partial charge on any atom is -0.383 e. The number of halogens is 1. The Labute approximate surface area is 194 Å². The van der Waals surface area contributed by atoms with Crippen molar-refractivity contribution in [2.45, 2.75) is 6.04 Å². The standard InChI is InChI=1S/C24H22FN7O2/c25-17-5-7-19(8-6-17)32-22(27)20(13-30-32)24(34)29-14-21(26)15-1-3-16(4-2-15)23(33)31-18-9-11-28-12-10-18/h1-13,21H,14,26-27H2,(H,29,34)(H,28,31,33). The van der Waals surface area contributed by atoms with E-state index in [0.717, 1.165) is 5.56 Å². The minimum atomic E-state index is -0.505. The number of anilines is 2. The van der Waals surface area contributed by atoms with Crippen LogP contribution in [0.3, 0.4) is 0 Å². The predicted molar refractivity (Wildman–Crippen MR) is 126 cm³/mol. The molecule has 0 bridgehead atoms. The third kappa shape index (κ3) is 5.08. The second kappa shape index (κ2) is 9.92. The summed E-state index contributed by atoms with van der Waals surface area (Å²) in [4.78, 5) is 28.9. The molecular formula is C24H22FN7O2. The Bertz CT molecular complexity index is 1290. The second-order valence-corrected chi connectivity index (χ2v) is 7.46. The number of carbonyl (C=O) groups is 2. The molecule has 1 atom stereocenters. The second-order valence-electron chi connectivity index (χ2n) is 7.46. The smallest absolute Gasteiger partial charge is 0.256 e. The highest BCUT2D eigenvalue weighted by Gasteiger charge is 2.17. The van der Waals surface area contributed by atoms with Crippen LogP contribution in [0.5, 0.6) is 0 Å². The van der Waals surface area contributed by atoms with Crippen molar-refractivity contribution < 1.29 is 14.0 Å². The lowest BCUT2D eigenvalue weighted by Crippen LogP contribution is -2.32. The quantitative estimate of drug-likeness (QED) is 0.335. The SMILES string of the molecule is Nc1c(C(=O)NCC(N)c2ccc(C(=O)Nc3ccncc3)cc2)cnn1-c1ccc(F)cc1. The van der Waals surface area contributed by atoms with Crippen molar-refractivity contribution in [2.75, 3.05) is 17.6 Å². The predicted octanol–water partition coefficient (Wildman–Crippen LogP) is 2.67. The first kappa shape index (κ1) is 22.6. The summed E-state index contributed by atoms with van der Waals surface area (Å²) in [6.45, 7) is 0.141. The Morgan fingerprint density at radius 1 is 0.971 bits per heavy atom. The van der Waals surface area contributed by atoms with E-state index in [1.165, 1.54) is 35.1 Å². The Balaban J connectivity index is 1.35. The van der Waals surface area contributed by atoms with Gasteiger partial charge < -0.3 is 22.1 Å². The fourth-order valence-corrected chi connectivity index (χ4v) is 3.26. The van der Waals surface area contributed by atoms with E-state index >= 15 is 0 Å². The van der Waals surface area contributed by atoms with Crippen molar-refractivity contribution in [1.82, 2.24) is 20.1 Å². The lowest BCUT2D eigenvalue weighted by atomic mass is 10.0. The van der Waals surface area contributed by atoms with E-state index in [-0.39, 0.29) is 29.7 Å². The molecule has 0 radical (unpaired) electrons. The molecule has 6 N–H and O–H groups in total. The average molecular weight is 459 g/mol. The van der Waals surface area contributed by atoms with Gasteiger partial charge in [-0.25, -0.2) is 9.07 Å². The number of nitrogens with zero attached hydrogens (tertiary/aromatic N) is 3. The van der Waals surface area contributed by atoms with Crippen molar-refractivity contribution in [1.29, 1.82) is 0 Å². The molecule has 0 aliphatic rings. The van der Waals surface area contributed by atoms with Crippen molar-refractivity contribution in [3.63, 3.8) is 0 Å². The van der Waals surface area contributed by atoms with E-state index in [1.807, 2.05) is 0 Å². The molecular weight excluding hydrogens is 437 g/mol. The molecule has 4 aromatic rings. The van der Waals surface area contributed by atoms with Crippen molar-refractivity contribution in [2.24, 2.45) is 5.73 Å². The highest BCUT2D eigenvalue weighted by Crippen LogP contribution is 2.18. The number of benzene rings is 2. The number of amides is 2. The number of pyridine rings is 1. The minimum absolute atomic E-state index is 0.127. The zero-order valence-corrected chi connectivity index (χ0v) is 18.0. The maximum atomic E-state index is 13.1. The van der Waals surface area contributed by atoms with Crippen LogP contribution in [0.1, 0.15) is 32.3 Å². The molecule has 9 nitrogen and oxygen atoms in total. The van der Waals surface area contributed by atoms with Crippen LogP contribution in [-0.4, -0.2) is 33.1 Å². The van der Waals surface area contributed by atoms with E-state index in [4.69, 9.17) is 11.5 Å². The monoisotopic (exact) mass is 459 g/mol. The van der Waals surface area contributed by atoms with E-state index < -0.39 is 11.9 Å². The molecule has 0 saturated carbocycles. The molecule has 0 spiro atoms. The number of nitrogens with one attached hydrogen (secondary N) is 2. The van der Waals surface area contributed by atoms with Gasteiger partial charge in [0.25, 0.3) is 11.8 Å². The number of nitrogens with two attached hydrogens (primary N) is 2. The number of aromatic nitrogens is 3. The zero-order valence-electron chi connectivity index (χ0n) is 18.0. The third-order valence-electron chi connectivity index (χ3n) is 5.14. The summed E-state index contributed by atoms with van der Waals surface area (Å²) in [5.41, 5.74) is 14.8. The first-order chi connectivity index (χ1) is 16.4. The van der Waals surface area contributed by atoms with Crippen LogP contribution in [0.2, 0.25) is 0 Å². The van der Waals surface area contributed by atoms with E-state index in [9.17, 15) is 14.0 Å². The Morgan fingerprint density at radius 3 is 2.32 bits per heavy atom. The Hall–Kier alpha value is -4.57. The summed E-state index contributed by atoms with van der Waals surface area (Å²) >= 11 is 0. The first-order valence-electron chi connectivity index (χ1n) is 10.4. The maximum absolute atomic E-state index is 13.1. The van der Waals surface area contributed by atoms with Gasteiger partial charge in [-0.1, -0.05) is 12.1 Å². The van der Waals surface area contributed by atoms with Crippen LogP contribution in [0.4, 0.5) is 15.9 Å². The first-order valence-corrected chi connectivity index (χ1v) is 10.4. The molecule has 34 heavy (non-hydrogen) atoms. The maximum Gasteiger partial charge on any atom is 0.256 e. The van der Waals surface area contributed by atoms with Gasteiger partial charge >= 0.3 is 0 Å². The largest absolute Gasteiger partial charge is 0.383 e. The van der Waals surface area contributed by atoms with Crippen LogP contribution in [-0.2, 0) is 0 Å². The Kier molecular flexibility index (Phi) is 6.60. The summed E-state index contributed by atoms with van der Waals surface area (Å²) in [5, 5.41) is 9.63. The molecule has 0 aliphatic heterocycles. The van der Waals surface area contributed by atoms with Crippen LogP contribution in [0, 0.1) is 5.82 Å². The van der Waals surface area contributed by atoms with Gasteiger partial charge in [0.2, 0.25) is 0 Å². The summed E-state index contributed by atoms with van der Waals surface area (Å²) in [7, 11) is 0. The van der Waals surface area contributed by atoms with Gasteiger partial charge in [-0.05, 0) is 54.1 Å². The molecule has 2 amide bonds. The molecule has 4 rings (SSSR count). The lowest BCUT2D eigenvalue weighted by Gasteiger charge is -2.14. The summed E-state index contributed by atoms with van der Waals surface area (Å²) in [6.07, 6.45) is 4.52. The number of hydrogen-bond donors (Lipinski definition) is 4. The lowest BCUT2D eigenvalue weighted by molar-refractivity contribution is 0.0951. The number of nitrogen functional groups attached to an aromatic ring is 1. The molecule has 10 heteroatoms. The van der Waals surface area contributed by atoms with Gasteiger partial charge in [0, 0.05) is 36.2 Å². The molecule has 0 aliphatic carbocycles. The number of hydrogen-bond acceptors (Lipinski definition) is 6. The van der Waals surface area contributed by atoms with Crippen molar-refractivity contribution in [3.05, 3.63) is 102 Å². The Morgan fingerprint density at radius 2 is 1.65 bits per heavy atom. The van der Waals surface area contributed by atoms with E-state index in [0.29, 0.717) is 16.9 Å². The molecule has 0 saturated heterocycles. The molecule has 1 unspecified atom stereocenters. The topological polar surface area (TPSA) is 141 Å². The average Bonchev–Trinajstić information content (AvgIpc) is 3.24. The van der Waals surface area contributed by atoms with Crippen LogP contribution in [0.25, 0.3) is 5.69 Å². The van der Waals surface area contributed by atoms with Gasteiger partial charge in [-0.3, -0.25) is 14.6 Å². The normalized spacial score (nSPS) is 11.6. The van der Waals surface area contributed by atoms with Crippen LogP contribution >= 0.6 is 0 Å². The zero-order chi connectivity index (χ0) is 24.1. The van der Waals surface area contributed by atoms with Crippen LogP contribution in [0.15, 0.2) is 79.3 Å². The van der Waals surface area contributed by atoms with E-state index in [2.05, 4.69) is 20.7 Å². The molecule has 172 valence electrons. The van der Waals surface area contributed by atoms with Crippen LogP contribution < -0.4 is 22.1 Å². The summed E-state index contributed by atoms with van der Waals surface area (Å²) < 4.78 is 14.5. The van der Waals surface area contributed by atoms with Crippen molar-refractivity contribution in [3.8, 4) is 5.69 Å². The van der Waals surface area contributed by atoms with Gasteiger partial charge in [0.15, 0.2) is 0 Å². The molecule has 2 aromatic carbocycles. The summed E-state index contributed by atoms with van der Waals surface area (Å²) in [6, 6.07) is 15.3. The molecule has 2 heterocycles. The fraction of sp³-hybridized carbons (Fsp3) is 0.0833. The molecule has 2 aromatic heterocycles. The van der Waals surface area contributed by atoms with Crippen molar-refractivity contribution >= 4 is 23.3 Å². The highest BCUT2D eigenvalue weighted by atomic mass is 19.1.